The fraction of sp³-hybridized carbons (Fsp3) is 0.600. The molecule has 0 N–H and O–H groups in total. The lowest BCUT2D eigenvalue weighted by Gasteiger charge is -2.22. The fourth-order valence-electron chi connectivity index (χ4n) is 2.10. The number of hydrogen-bond donors (Lipinski definition) is 0. The zero-order valence-corrected chi connectivity index (χ0v) is 13.8. The van der Waals surface area contributed by atoms with Crippen molar-refractivity contribution in [1.29, 1.82) is 0 Å². The standard InChI is InChI=1S/C15H23F3O2Si/c1-19-21(3,20-2)12-6-4-5-7-13-8-10-14(11-9-13)15(16,17)18/h8-11H,4-7,12H2,1-3H3. The number of aryl methyl sites for hydroxylation is 1. The average molecular weight is 320 g/mol. The minimum absolute atomic E-state index is 0.590. The molecule has 0 fully saturated rings. The second kappa shape index (κ2) is 7.96. The first-order valence-electron chi connectivity index (χ1n) is 7.07. The summed E-state index contributed by atoms with van der Waals surface area (Å²) < 4.78 is 48.1. The van der Waals surface area contributed by atoms with Crippen molar-refractivity contribution in [1.82, 2.24) is 0 Å². The SMILES string of the molecule is CO[Si](C)(CCCCCc1ccc(C(F)(F)F)cc1)OC. The van der Waals surface area contributed by atoms with E-state index in [0.717, 1.165) is 49.4 Å². The Balaban J connectivity index is 2.30. The summed E-state index contributed by atoms with van der Waals surface area (Å²) in [5, 5.41) is 0. The molecule has 0 saturated carbocycles. The lowest BCUT2D eigenvalue weighted by Crippen LogP contribution is -2.35. The molecule has 1 aromatic carbocycles. The smallest absolute Gasteiger partial charge is 0.398 e. The summed E-state index contributed by atoms with van der Waals surface area (Å²) in [6, 6.07) is 6.36. The number of benzene rings is 1. The van der Waals surface area contributed by atoms with Crippen LogP contribution in [-0.2, 0) is 21.4 Å². The van der Waals surface area contributed by atoms with E-state index in [2.05, 4.69) is 0 Å². The predicted octanol–water partition coefficient (Wildman–Crippen LogP) is 4.78. The third kappa shape index (κ3) is 6.19. The van der Waals surface area contributed by atoms with Crippen molar-refractivity contribution in [3.8, 4) is 0 Å². The maximum absolute atomic E-state index is 12.4. The molecule has 0 radical (unpaired) electrons. The normalized spacial score (nSPS) is 12.7. The lowest BCUT2D eigenvalue weighted by atomic mass is 10.1. The van der Waals surface area contributed by atoms with Gasteiger partial charge >= 0.3 is 14.7 Å². The van der Waals surface area contributed by atoms with Gasteiger partial charge in [0.1, 0.15) is 0 Å². The molecule has 21 heavy (non-hydrogen) atoms. The molecule has 0 atom stereocenters. The van der Waals surface area contributed by atoms with Crippen LogP contribution < -0.4 is 0 Å². The van der Waals surface area contributed by atoms with Crippen LogP contribution >= 0.6 is 0 Å². The molecule has 2 nitrogen and oxygen atoms in total. The van der Waals surface area contributed by atoms with E-state index in [1.54, 1.807) is 26.4 Å². The summed E-state index contributed by atoms with van der Waals surface area (Å²) in [4.78, 5) is 0. The van der Waals surface area contributed by atoms with Crippen LogP contribution in [-0.4, -0.2) is 22.8 Å². The minimum atomic E-state index is -4.26. The van der Waals surface area contributed by atoms with Crippen LogP contribution in [0.2, 0.25) is 12.6 Å². The first-order chi connectivity index (χ1) is 9.80. The van der Waals surface area contributed by atoms with E-state index in [0.29, 0.717) is 0 Å². The predicted molar refractivity (Wildman–Crippen MR) is 79.4 cm³/mol. The number of unbranched alkanes of at least 4 members (excludes halogenated alkanes) is 2. The second-order valence-electron chi connectivity index (χ2n) is 5.30. The minimum Gasteiger partial charge on any atom is -0.398 e. The largest absolute Gasteiger partial charge is 0.416 e. The van der Waals surface area contributed by atoms with Gasteiger partial charge in [-0.15, -0.1) is 0 Å². The molecule has 0 aliphatic carbocycles. The van der Waals surface area contributed by atoms with Gasteiger partial charge in [-0.2, -0.15) is 13.2 Å². The van der Waals surface area contributed by atoms with Gasteiger partial charge in [-0.3, -0.25) is 0 Å². The molecule has 0 bridgehead atoms. The topological polar surface area (TPSA) is 18.5 Å². The van der Waals surface area contributed by atoms with Gasteiger partial charge in [0.2, 0.25) is 0 Å². The summed E-state index contributed by atoms with van der Waals surface area (Å²) in [6.45, 7) is 2.03. The van der Waals surface area contributed by atoms with Gasteiger partial charge in [-0.25, -0.2) is 0 Å². The molecule has 0 aliphatic rings. The van der Waals surface area contributed by atoms with Gasteiger partial charge in [0, 0.05) is 14.2 Å². The maximum atomic E-state index is 12.4. The van der Waals surface area contributed by atoms with Crippen LogP contribution in [0.3, 0.4) is 0 Å². The van der Waals surface area contributed by atoms with Gasteiger partial charge in [0.25, 0.3) is 0 Å². The zero-order valence-electron chi connectivity index (χ0n) is 12.8. The van der Waals surface area contributed by atoms with Gasteiger partial charge < -0.3 is 8.85 Å². The Hall–Kier alpha value is -0.853. The summed E-state index contributed by atoms with van der Waals surface area (Å²) in [6.07, 6.45) is -0.449. The van der Waals surface area contributed by atoms with Crippen LogP contribution in [0.5, 0.6) is 0 Å². The second-order valence-corrected chi connectivity index (χ2v) is 8.88. The molecule has 1 rings (SSSR count). The van der Waals surface area contributed by atoms with Crippen LogP contribution in [0.25, 0.3) is 0 Å². The highest BCUT2D eigenvalue weighted by Crippen LogP contribution is 2.29. The number of hydrogen-bond acceptors (Lipinski definition) is 2. The first-order valence-corrected chi connectivity index (χ1v) is 9.59. The summed E-state index contributed by atoms with van der Waals surface area (Å²) in [7, 11) is 1.38. The Labute approximate surface area is 125 Å². The van der Waals surface area contributed by atoms with Gasteiger partial charge in [-0.05, 0) is 43.1 Å². The van der Waals surface area contributed by atoms with Crippen molar-refractivity contribution in [2.45, 2.75) is 44.5 Å². The van der Waals surface area contributed by atoms with Crippen molar-refractivity contribution >= 4 is 8.56 Å². The number of halogens is 3. The molecule has 0 aromatic heterocycles. The van der Waals surface area contributed by atoms with E-state index in [1.807, 2.05) is 6.55 Å². The molecular formula is C15H23F3O2Si. The quantitative estimate of drug-likeness (QED) is 0.507. The Morgan fingerprint density at radius 2 is 1.52 bits per heavy atom. The molecule has 0 heterocycles. The molecular weight excluding hydrogens is 297 g/mol. The number of rotatable bonds is 8. The van der Waals surface area contributed by atoms with Crippen molar-refractivity contribution < 1.29 is 22.0 Å². The maximum Gasteiger partial charge on any atom is 0.416 e. The highest BCUT2D eigenvalue weighted by atomic mass is 28.4. The summed E-state index contributed by atoms with van der Waals surface area (Å²) in [5.41, 5.74) is 0.356. The molecule has 0 amide bonds. The van der Waals surface area contributed by atoms with Crippen LogP contribution in [0, 0.1) is 0 Å². The third-order valence-electron chi connectivity index (χ3n) is 3.74. The van der Waals surface area contributed by atoms with Crippen molar-refractivity contribution in [2.24, 2.45) is 0 Å². The molecule has 0 spiro atoms. The van der Waals surface area contributed by atoms with E-state index in [1.165, 1.54) is 0 Å². The van der Waals surface area contributed by atoms with Crippen molar-refractivity contribution in [3.63, 3.8) is 0 Å². The highest BCUT2D eigenvalue weighted by Gasteiger charge is 2.30. The van der Waals surface area contributed by atoms with E-state index < -0.39 is 20.3 Å². The first kappa shape index (κ1) is 18.2. The van der Waals surface area contributed by atoms with Crippen molar-refractivity contribution in [2.75, 3.05) is 14.2 Å². The zero-order chi connectivity index (χ0) is 15.9. The Kier molecular flexibility index (Phi) is 6.90. The molecule has 120 valence electrons. The van der Waals surface area contributed by atoms with Crippen LogP contribution in [0.4, 0.5) is 13.2 Å². The average Bonchev–Trinajstić information content (AvgIpc) is 2.46. The van der Waals surface area contributed by atoms with Crippen LogP contribution in [0.15, 0.2) is 24.3 Å². The Morgan fingerprint density at radius 3 is 2.00 bits per heavy atom. The van der Waals surface area contributed by atoms with Gasteiger partial charge in [0.15, 0.2) is 0 Å². The lowest BCUT2D eigenvalue weighted by molar-refractivity contribution is -0.137. The Bertz CT molecular complexity index is 414. The van der Waals surface area contributed by atoms with E-state index in [4.69, 9.17) is 8.85 Å². The van der Waals surface area contributed by atoms with Gasteiger partial charge in [-0.1, -0.05) is 25.0 Å². The molecule has 6 heteroatoms. The highest BCUT2D eigenvalue weighted by molar-refractivity contribution is 6.65. The molecule has 1 aromatic rings. The van der Waals surface area contributed by atoms with E-state index >= 15 is 0 Å². The number of alkyl halides is 3. The monoisotopic (exact) mass is 320 g/mol. The molecule has 0 aliphatic heterocycles. The van der Waals surface area contributed by atoms with Crippen LogP contribution in [0.1, 0.15) is 30.4 Å². The molecule has 0 unspecified atom stereocenters. The van der Waals surface area contributed by atoms with E-state index in [9.17, 15) is 13.2 Å². The summed E-state index contributed by atoms with van der Waals surface area (Å²) in [5.74, 6) is 0. The summed E-state index contributed by atoms with van der Waals surface area (Å²) >= 11 is 0. The van der Waals surface area contributed by atoms with Crippen molar-refractivity contribution in [3.05, 3.63) is 35.4 Å². The molecule has 0 saturated heterocycles. The Morgan fingerprint density at radius 1 is 0.952 bits per heavy atom. The van der Waals surface area contributed by atoms with E-state index in [-0.39, 0.29) is 0 Å². The van der Waals surface area contributed by atoms with Gasteiger partial charge in [0.05, 0.1) is 5.56 Å². The third-order valence-corrected chi connectivity index (χ3v) is 6.73. The fourth-order valence-corrected chi connectivity index (χ4v) is 3.57.